The third kappa shape index (κ3) is 3.54. The Morgan fingerprint density at radius 2 is 2.07 bits per heavy atom. The van der Waals surface area contributed by atoms with E-state index in [9.17, 15) is 4.79 Å². The molecule has 1 aliphatic rings. The third-order valence-corrected chi connectivity index (χ3v) is 2.27. The van der Waals surface area contributed by atoms with Crippen LogP contribution in [0.25, 0.3) is 0 Å². The van der Waals surface area contributed by atoms with Gasteiger partial charge in [-0.2, -0.15) is 0 Å². The van der Waals surface area contributed by atoms with Gasteiger partial charge in [-0.15, -0.1) is 0 Å². The first-order valence-electron chi connectivity index (χ1n) is 5.13. The Labute approximate surface area is 85.2 Å². The highest BCUT2D eigenvalue weighted by Crippen LogP contribution is 2.17. The van der Waals surface area contributed by atoms with Gasteiger partial charge in [0.25, 0.3) is 0 Å². The summed E-state index contributed by atoms with van der Waals surface area (Å²) in [6, 6.07) is 0.173. The standard InChI is InChI=1S/C10H20N2O2/c1-10(2,3)14-9(13)12-8-6-4-5-7(8)11/h7-8H,4-6,11H2,1-3H3,(H,12,13)/t7-,8?/m1/s1. The largest absolute Gasteiger partial charge is 0.444 e. The zero-order valence-corrected chi connectivity index (χ0v) is 9.17. The lowest BCUT2D eigenvalue weighted by atomic mass is 10.2. The minimum Gasteiger partial charge on any atom is -0.444 e. The second-order valence-electron chi connectivity index (χ2n) is 4.85. The summed E-state index contributed by atoms with van der Waals surface area (Å²) in [5, 5.41) is 2.80. The average molecular weight is 200 g/mol. The molecule has 1 aliphatic carbocycles. The molecule has 0 saturated heterocycles. The third-order valence-electron chi connectivity index (χ3n) is 2.27. The average Bonchev–Trinajstić information content (AvgIpc) is 2.32. The summed E-state index contributed by atoms with van der Waals surface area (Å²) in [6.07, 6.45) is 2.67. The number of carbonyl (C=O) groups is 1. The summed E-state index contributed by atoms with van der Waals surface area (Å²) >= 11 is 0. The fourth-order valence-corrected chi connectivity index (χ4v) is 1.63. The molecule has 0 aliphatic heterocycles. The number of carbonyl (C=O) groups excluding carboxylic acids is 1. The van der Waals surface area contributed by atoms with E-state index in [0.29, 0.717) is 0 Å². The Balaban J connectivity index is 2.33. The van der Waals surface area contributed by atoms with E-state index < -0.39 is 5.60 Å². The van der Waals surface area contributed by atoms with Gasteiger partial charge in [0.2, 0.25) is 0 Å². The monoisotopic (exact) mass is 200 g/mol. The van der Waals surface area contributed by atoms with E-state index in [1.54, 1.807) is 0 Å². The minimum absolute atomic E-state index is 0.0857. The highest BCUT2D eigenvalue weighted by Gasteiger charge is 2.27. The van der Waals surface area contributed by atoms with Crippen LogP contribution in [-0.4, -0.2) is 23.8 Å². The van der Waals surface area contributed by atoms with Crippen LogP contribution in [0.15, 0.2) is 0 Å². The first-order chi connectivity index (χ1) is 6.38. The predicted molar refractivity (Wildman–Crippen MR) is 55.0 cm³/mol. The van der Waals surface area contributed by atoms with Gasteiger partial charge < -0.3 is 15.8 Å². The molecule has 0 aromatic heterocycles. The SMILES string of the molecule is CC(C)(C)OC(=O)NC1CCC[C@H]1N. The van der Waals surface area contributed by atoms with Gasteiger partial charge in [0.15, 0.2) is 0 Å². The molecule has 2 atom stereocenters. The lowest BCUT2D eigenvalue weighted by molar-refractivity contribution is 0.0501. The van der Waals surface area contributed by atoms with Crippen LogP contribution >= 0.6 is 0 Å². The molecule has 0 heterocycles. The lowest BCUT2D eigenvalue weighted by Gasteiger charge is -2.23. The Morgan fingerprint density at radius 1 is 1.43 bits per heavy atom. The molecule has 0 aromatic rings. The first-order valence-corrected chi connectivity index (χ1v) is 5.13. The van der Waals surface area contributed by atoms with Crippen molar-refractivity contribution < 1.29 is 9.53 Å². The number of hydrogen-bond donors (Lipinski definition) is 2. The molecule has 0 bridgehead atoms. The Hall–Kier alpha value is -0.770. The second kappa shape index (κ2) is 4.17. The van der Waals surface area contributed by atoms with Crippen molar-refractivity contribution in [1.29, 1.82) is 0 Å². The Kier molecular flexibility index (Phi) is 3.37. The van der Waals surface area contributed by atoms with E-state index in [2.05, 4.69) is 5.32 Å². The highest BCUT2D eigenvalue weighted by atomic mass is 16.6. The summed E-state index contributed by atoms with van der Waals surface area (Å²) in [4.78, 5) is 11.4. The molecule has 3 N–H and O–H groups in total. The second-order valence-corrected chi connectivity index (χ2v) is 4.85. The van der Waals surface area contributed by atoms with Crippen molar-refractivity contribution >= 4 is 6.09 Å². The van der Waals surface area contributed by atoms with E-state index in [0.717, 1.165) is 19.3 Å². The number of nitrogens with one attached hydrogen (secondary N) is 1. The van der Waals surface area contributed by atoms with E-state index >= 15 is 0 Å². The van der Waals surface area contributed by atoms with E-state index in [4.69, 9.17) is 10.5 Å². The smallest absolute Gasteiger partial charge is 0.407 e. The topological polar surface area (TPSA) is 64.3 Å². The summed E-state index contributed by atoms with van der Waals surface area (Å²) in [5.41, 5.74) is 5.38. The van der Waals surface area contributed by atoms with Crippen molar-refractivity contribution in [3.8, 4) is 0 Å². The van der Waals surface area contributed by atoms with Gasteiger partial charge >= 0.3 is 6.09 Å². The van der Waals surface area contributed by atoms with Crippen LogP contribution in [0.2, 0.25) is 0 Å². The predicted octanol–water partition coefficient (Wildman–Crippen LogP) is 1.39. The quantitative estimate of drug-likeness (QED) is 0.672. The minimum atomic E-state index is -0.438. The molecular weight excluding hydrogens is 180 g/mol. The number of ether oxygens (including phenoxy) is 1. The van der Waals surface area contributed by atoms with Crippen molar-refractivity contribution in [2.24, 2.45) is 5.73 Å². The molecule has 14 heavy (non-hydrogen) atoms. The van der Waals surface area contributed by atoms with Gasteiger partial charge in [-0.05, 0) is 40.0 Å². The van der Waals surface area contributed by atoms with Crippen LogP contribution in [0.3, 0.4) is 0 Å². The maximum absolute atomic E-state index is 11.4. The van der Waals surface area contributed by atoms with E-state index in [1.165, 1.54) is 0 Å². The van der Waals surface area contributed by atoms with Crippen molar-refractivity contribution in [2.45, 2.75) is 57.7 Å². The Bertz CT molecular complexity index is 211. The van der Waals surface area contributed by atoms with Gasteiger partial charge in [0, 0.05) is 12.1 Å². The molecule has 0 radical (unpaired) electrons. The van der Waals surface area contributed by atoms with Gasteiger partial charge in [0.05, 0.1) is 0 Å². The van der Waals surface area contributed by atoms with Crippen LogP contribution < -0.4 is 11.1 Å². The first kappa shape index (κ1) is 11.3. The molecule has 0 aromatic carbocycles. The summed E-state index contributed by atoms with van der Waals surface area (Å²) in [7, 11) is 0. The van der Waals surface area contributed by atoms with Crippen LogP contribution in [0.1, 0.15) is 40.0 Å². The fourth-order valence-electron chi connectivity index (χ4n) is 1.63. The molecule has 82 valence electrons. The molecule has 0 spiro atoms. The van der Waals surface area contributed by atoms with Crippen LogP contribution in [0.5, 0.6) is 0 Å². The molecule has 1 saturated carbocycles. The molecule has 1 rings (SSSR count). The summed E-state index contributed by atoms with van der Waals surface area (Å²) in [6.45, 7) is 5.55. The van der Waals surface area contributed by atoms with Gasteiger partial charge in [-0.25, -0.2) is 4.79 Å². The number of rotatable bonds is 1. The molecular formula is C10H20N2O2. The zero-order valence-electron chi connectivity index (χ0n) is 9.17. The maximum atomic E-state index is 11.4. The van der Waals surface area contributed by atoms with Crippen molar-refractivity contribution in [3.63, 3.8) is 0 Å². The highest BCUT2D eigenvalue weighted by molar-refractivity contribution is 5.68. The molecule has 1 unspecified atom stereocenters. The van der Waals surface area contributed by atoms with E-state index in [1.807, 2.05) is 20.8 Å². The molecule has 1 amide bonds. The van der Waals surface area contributed by atoms with E-state index in [-0.39, 0.29) is 18.2 Å². The number of hydrogen-bond acceptors (Lipinski definition) is 3. The van der Waals surface area contributed by atoms with Gasteiger partial charge in [-0.3, -0.25) is 0 Å². The molecule has 4 nitrogen and oxygen atoms in total. The zero-order chi connectivity index (χ0) is 10.8. The van der Waals surface area contributed by atoms with Crippen LogP contribution in [-0.2, 0) is 4.74 Å². The summed E-state index contributed by atoms with van der Waals surface area (Å²) < 4.78 is 5.14. The van der Waals surface area contributed by atoms with Crippen molar-refractivity contribution in [3.05, 3.63) is 0 Å². The molecule has 1 fully saturated rings. The number of alkyl carbamates (subject to hydrolysis) is 1. The lowest BCUT2D eigenvalue weighted by Crippen LogP contribution is -2.45. The van der Waals surface area contributed by atoms with Crippen LogP contribution in [0, 0.1) is 0 Å². The Morgan fingerprint density at radius 3 is 2.50 bits per heavy atom. The van der Waals surface area contributed by atoms with Crippen LogP contribution in [0.4, 0.5) is 4.79 Å². The van der Waals surface area contributed by atoms with Crippen molar-refractivity contribution in [1.82, 2.24) is 5.32 Å². The number of nitrogens with two attached hydrogens (primary N) is 1. The summed E-state index contributed by atoms with van der Waals surface area (Å²) in [5.74, 6) is 0. The van der Waals surface area contributed by atoms with Crippen molar-refractivity contribution in [2.75, 3.05) is 0 Å². The van der Waals surface area contributed by atoms with Gasteiger partial charge in [0.1, 0.15) is 5.60 Å². The maximum Gasteiger partial charge on any atom is 0.407 e. The normalized spacial score (nSPS) is 27.4. The molecule has 4 heteroatoms. The fraction of sp³-hybridized carbons (Fsp3) is 0.900. The van der Waals surface area contributed by atoms with Gasteiger partial charge in [-0.1, -0.05) is 0 Å². The number of amides is 1.